The van der Waals surface area contributed by atoms with Gasteiger partial charge in [-0.2, -0.15) is 0 Å². The zero-order chi connectivity index (χ0) is 21.8. The van der Waals surface area contributed by atoms with Crippen LogP contribution in [0.5, 0.6) is 0 Å². The molecule has 1 saturated heterocycles. The summed E-state index contributed by atoms with van der Waals surface area (Å²) in [7, 11) is 0. The van der Waals surface area contributed by atoms with E-state index in [1.54, 1.807) is 42.5 Å². The van der Waals surface area contributed by atoms with Crippen molar-refractivity contribution in [2.24, 2.45) is 0 Å². The average molecular weight is 458 g/mol. The Hall–Kier alpha value is -1.91. The Bertz CT molecular complexity index is 875. The first-order valence-electron chi connectivity index (χ1n) is 9.10. The second-order valence-corrected chi connectivity index (χ2v) is 7.56. The van der Waals surface area contributed by atoms with Crippen LogP contribution < -0.4 is 5.32 Å². The normalized spacial score (nSPS) is 26.3. The van der Waals surface area contributed by atoms with Gasteiger partial charge in [0, 0.05) is 5.69 Å². The maximum atomic E-state index is 12.4. The molecule has 5 N–H and O–H groups in total. The van der Waals surface area contributed by atoms with E-state index in [0.29, 0.717) is 27.0 Å². The molecule has 0 spiro atoms. The number of halogens is 2. The molecule has 0 radical (unpaired) electrons. The number of carbonyl (C=O) groups excluding carboxylic acids is 1. The van der Waals surface area contributed by atoms with Crippen LogP contribution in [-0.4, -0.2) is 63.7 Å². The average Bonchev–Trinajstić information content (AvgIpc) is 2.72. The predicted molar refractivity (Wildman–Crippen MR) is 110 cm³/mol. The summed E-state index contributed by atoms with van der Waals surface area (Å²) in [4.78, 5) is 12.4. The van der Waals surface area contributed by atoms with Crippen molar-refractivity contribution in [1.29, 1.82) is 0 Å². The van der Waals surface area contributed by atoms with Crippen molar-refractivity contribution in [2.45, 2.75) is 37.1 Å². The molecule has 0 saturated carbocycles. The van der Waals surface area contributed by atoms with Gasteiger partial charge in [0.05, 0.1) is 28.8 Å². The van der Waals surface area contributed by atoms with Gasteiger partial charge in [-0.3, -0.25) is 4.79 Å². The molecule has 5 atom stereocenters. The lowest BCUT2D eigenvalue weighted by molar-refractivity contribution is -0.292. The molecule has 2 aromatic rings. The topological polar surface area (TPSA) is 128 Å². The zero-order valence-electron chi connectivity index (χ0n) is 15.6. The van der Waals surface area contributed by atoms with E-state index in [1.807, 2.05) is 0 Å². The lowest BCUT2D eigenvalue weighted by Crippen LogP contribution is -2.59. The van der Waals surface area contributed by atoms with Gasteiger partial charge in [-0.25, -0.2) is 0 Å². The summed E-state index contributed by atoms with van der Waals surface area (Å²) < 4.78 is 10.3. The molecule has 30 heavy (non-hydrogen) atoms. The maximum Gasteiger partial charge on any atom is 0.312 e. The largest absolute Gasteiger partial charge is 0.432 e. The van der Waals surface area contributed by atoms with Crippen molar-refractivity contribution in [1.82, 2.24) is 0 Å². The summed E-state index contributed by atoms with van der Waals surface area (Å²) in [6.45, 7) is -0.621. The Labute approximate surface area is 182 Å². The van der Waals surface area contributed by atoms with E-state index in [0.717, 1.165) is 0 Å². The van der Waals surface area contributed by atoms with Gasteiger partial charge < -0.3 is 35.2 Å². The highest BCUT2D eigenvalue weighted by Gasteiger charge is 2.45. The minimum Gasteiger partial charge on any atom is -0.432 e. The van der Waals surface area contributed by atoms with Crippen molar-refractivity contribution in [3.63, 3.8) is 0 Å². The fourth-order valence-corrected chi connectivity index (χ4v) is 3.53. The van der Waals surface area contributed by atoms with Crippen LogP contribution in [0.15, 0.2) is 42.5 Å². The van der Waals surface area contributed by atoms with Crippen LogP contribution >= 0.6 is 23.2 Å². The lowest BCUT2D eigenvalue weighted by atomic mass is 9.99. The number of benzene rings is 2. The Morgan fingerprint density at radius 1 is 1.00 bits per heavy atom. The summed E-state index contributed by atoms with van der Waals surface area (Å²) in [5.41, 5.74) is 1.61. The SMILES string of the molecule is O=C(Cc1ccccc1Nc1c(Cl)cccc1Cl)OC1OC(CO)C(O)C(O)C1O. The first kappa shape index (κ1) is 22.8. The molecule has 10 heteroatoms. The van der Waals surface area contributed by atoms with Gasteiger partial charge in [0.2, 0.25) is 6.29 Å². The molecule has 162 valence electrons. The van der Waals surface area contributed by atoms with E-state index >= 15 is 0 Å². The molecule has 1 fully saturated rings. The van der Waals surface area contributed by atoms with E-state index in [1.165, 1.54) is 0 Å². The minimum absolute atomic E-state index is 0.194. The number of carbonyl (C=O) groups is 1. The van der Waals surface area contributed by atoms with E-state index < -0.39 is 43.3 Å². The first-order chi connectivity index (χ1) is 14.3. The van der Waals surface area contributed by atoms with Crippen LogP contribution in [0, 0.1) is 0 Å². The summed E-state index contributed by atoms with van der Waals surface area (Å²) in [5, 5.41) is 42.8. The van der Waals surface area contributed by atoms with Gasteiger partial charge in [0.25, 0.3) is 0 Å². The lowest BCUT2D eigenvalue weighted by Gasteiger charge is -2.39. The molecule has 3 rings (SSSR count). The number of aliphatic hydroxyl groups is 4. The number of aliphatic hydroxyl groups excluding tert-OH is 4. The number of rotatable bonds is 6. The highest BCUT2D eigenvalue weighted by atomic mass is 35.5. The van der Waals surface area contributed by atoms with Crippen LogP contribution in [0.1, 0.15) is 5.56 Å². The van der Waals surface area contributed by atoms with Crippen LogP contribution in [0.4, 0.5) is 11.4 Å². The number of esters is 1. The van der Waals surface area contributed by atoms with Crippen LogP contribution in [-0.2, 0) is 20.7 Å². The summed E-state index contributed by atoms with van der Waals surface area (Å²) >= 11 is 12.4. The third-order valence-corrected chi connectivity index (χ3v) is 5.30. The van der Waals surface area contributed by atoms with E-state index in [9.17, 15) is 25.2 Å². The minimum atomic E-state index is -1.66. The van der Waals surface area contributed by atoms with E-state index in [4.69, 9.17) is 32.7 Å². The highest BCUT2D eigenvalue weighted by molar-refractivity contribution is 6.39. The molecular weight excluding hydrogens is 437 g/mol. The standard InChI is InChI=1S/C20H21Cl2NO7/c21-11-5-3-6-12(22)16(11)23-13-7-2-1-4-10(13)8-15(25)30-20-19(28)18(27)17(26)14(9-24)29-20/h1-7,14,17-20,23-24,26-28H,8-9H2. The molecule has 0 amide bonds. The molecule has 0 bridgehead atoms. The van der Waals surface area contributed by atoms with Crippen molar-refractivity contribution in [2.75, 3.05) is 11.9 Å². The Balaban J connectivity index is 1.72. The number of hydrogen-bond acceptors (Lipinski definition) is 8. The summed E-state index contributed by atoms with van der Waals surface area (Å²) in [5.74, 6) is -0.751. The number of hydrogen-bond donors (Lipinski definition) is 5. The number of para-hydroxylation sites is 2. The maximum absolute atomic E-state index is 12.4. The monoisotopic (exact) mass is 457 g/mol. The summed E-state index contributed by atoms with van der Waals surface area (Å²) in [6.07, 6.45) is -7.73. The van der Waals surface area contributed by atoms with E-state index in [2.05, 4.69) is 5.32 Å². The molecule has 1 heterocycles. The van der Waals surface area contributed by atoms with Crippen molar-refractivity contribution in [3.05, 3.63) is 58.1 Å². The molecule has 8 nitrogen and oxygen atoms in total. The number of anilines is 2. The Morgan fingerprint density at radius 2 is 1.67 bits per heavy atom. The van der Waals surface area contributed by atoms with Gasteiger partial charge >= 0.3 is 5.97 Å². The molecule has 1 aliphatic rings. The molecule has 5 unspecified atom stereocenters. The second kappa shape index (κ2) is 9.93. The molecular formula is C20H21Cl2NO7. The predicted octanol–water partition coefficient (Wildman–Crippen LogP) is 1.62. The van der Waals surface area contributed by atoms with Crippen molar-refractivity contribution in [3.8, 4) is 0 Å². The van der Waals surface area contributed by atoms with Crippen LogP contribution in [0.2, 0.25) is 10.0 Å². The fourth-order valence-electron chi connectivity index (χ4n) is 3.04. The molecule has 1 aliphatic heterocycles. The quantitative estimate of drug-likeness (QED) is 0.414. The zero-order valence-corrected chi connectivity index (χ0v) is 17.1. The first-order valence-corrected chi connectivity index (χ1v) is 9.86. The second-order valence-electron chi connectivity index (χ2n) is 6.74. The third-order valence-electron chi connectivity index (χ3n) is 4.67. The van der Waals surface area contributed by atoms with Gasteiger partial charge in [-0.15, -0.1) is 0 Å². The van der Waals surface area contributed by atoms with E-state index in [-0.39, 0.29) is 6.42 Å². The van der Waals surface area contributed by atoms with Crippen LogP contribution in [0.25, 0.3) is 0 Å². The van der Waals surface area contributed by atoms with Gasteiger partial charge in [-0.1, -0.05) is 47.5 Å². The van der Waals surface area contributed by atoms with Gasteiger partial charge in [-0.05, 0) is 23.8 Å². The summed E-state index contributed by atoms with van der Waals surface area (Å²) in [6, 6.07) is 12.0. The molecule has 0 aromatic heterocycles. The third kappa shape index (κ3) is 5.04. The van der Waals surface area contributed by atoms with Crippen molar-refractivity contribution < 1.29 is 34.7 Å². The molecule has 2 aromatic carbocycles. The Morgan fingerprint density at radius 3 is 2.33 bits per heavy atom. The highest BCUT2D eigenvalue weighted by Crippen LogP contribution is 2.33. The fraction of sp³-hybridized carbons (Fsp3) is 0.350. The van der Waals surface area contributed by atoms with Gasteiger partial charge in [0.15, 0.2) is 0 Å². The van der Waals surface area contributed by atoms with Crippen molar-refractivity contribution >= 4 is 40.5 Å². The Kier molecular flexibility index (Phi) is 7.54. The van der Waals surface area contributed by atoms with Crippen LogP contribution in [0.3, 0.4) is 0 Å². The number of nitrogens with one attached hydrogen (secondary N) is 1. The molecule has 0 aliphatic carbocycles. The van der Waals surface area contributed by atoms with Gasteiger partial charge in [0.1, 0.15) is 24.4 Å². The smallest absolute Gasteiger partial charge is 0.312 e. The number of ether oxygens (including phenoxy) is 2.